The number of halogens is 1. The highest BCUT2D eigenvalue weighted by Crippen LogP contribution is 2.22. The summed E-state index contributed by atoms with van der Waals surface area (Å²) in [4.78, 5) is 0. The van der Waals surface area contributed by atoms with Gasteiger partial charge in [-0.1, -0.05) is 23.5 Å². The van der Waals surface area contributed by atoms with Crippen molar-refractivity contribution in [2.45, 2.75) is 19.9 Å². The average molecular weight is 345 g/mol. The second-order valence-corrected chi connectivity index (χ2v) is 5.97. The van der Waals surface area contributed by atoms with Crippen molar-refractivity contribution in [1.82, 2.24) is 10.2 Å². The Balaban J connectivity index is 2.08. The molecule has 1 aromatic heterocycles. The van der Waals surface area contributed by atoms with Crippen molar-refractivity contribution in [3.8, 4) is 0 Å². The fourth-order valence-electron chi connectivity index (χ4n) is 1.37. The Labute approximate surface area is 112 Å². The van der Waals surface area contributed by atoms with Crippen LogP contribution in [0.1, 0.15) is 23.5 Å². The first-order valence-corrected chi connectivity index (χ1v) is 6.87. The summed E-state index contributed by atoms with van der Waals surface area (Å²) in [5.41, 5.74) is 1.26. The van der Waals surface area contributed by atoms with Crippen molar-refractivity contribution in [1.29, 1.82) is 0 Å². The Morgan fingerprint density at radius 1 is 1.25 bits per heavy atom. The third-order valence-electron chi connectivity index (χ3n) is 2.24. The van der Waals surface area contributed by atoms with Crippen LogP contribution >= 0.6 is 33.9 Å². The largest absolute Gasteiger partial charge is 0.354 e. The first-order chi connectivity index (χ1) is 7.65. The molecule has 0 bridgehead atoms. The lowest BCUT2D eigenvalue weighted by molar-refractivity contribution is 0.872. The van der Waals surface area contributed by atoms with E-state index in [1.54, 1.807) is 11.3 Å². The highest BCUT2D eigenvalue weighted by atomic mass is 127. The number of hydrogen-bond donors (Lipinski definition) is 1. The topological polar surface area (TPSA) is 37.8 Å². The van der Waals surface area contributed by atoms with Gasteiger partial charge in [0.2, 0.25) is 5.13 Å². The van der Waals surface area contributed by atoms with Crippen LogP contribution in [0.3, 0.4) is 0 Å². The number of nitrogens with zero attached hydrogens (tertiary/aromatic N) is 2. The zero-order chi connectivity index (χ0) is 11.5. The molecule has 16 heavy (non-hydrogen) atoms. The van der Waals surface area contributed by atoms with Gasteiger partial charge < -0.3 is 5.32 Å². The lowest BCUT2D eigenvalue weighted by Crippen LogP contribution is -2.06. The Bertz CT molecular complexity index is 466. The number of anilines is 1. The smallest absolute Gasteiger partial charge is 0.206 e. The molecule has 1 unspecified atom stereocenters. The summed E-state index contributed by atoms with van der Waals surface area (Å²) in [6, 6.07) is 8.74. The van der Waals surface area contributed by atoms with E-state index >= 15 is 0 Å². The van der Waals surface area contributed by atoms with Crippen LogP contribution in [0, 0.1) is 10.5 Å². The van der Waals surface area contributed by atoms with Gasteiger partial charge in [0, 0.05) is 3.57 Å². The standard InChI is InChI=1S/C11H12IN3S/c1-7(9-3-5-10(12)6-4-9)13-11-15-14-8(2)16-11/h3-7H,1-2H3,(H,13,15). The van der Waals surface area contributed by atoms with Crippen LogP contribution in [0.25, 0.3) is 0 Å². The molecule has 84 valence electrons. The van der Waals surface area contributed by atoms with E-state index in [1.165, 1.54) is 9.13 Å². The second kappa shape index (κ2) is 5.09. The summed E-state index contributed by atoms with van der Waals surface area (Å²) in [6.45, 7) is 4.08. The maximum Gasteiger partial charge on any atom is 0.206 e. The molecule has 0 saturated carbocycles. The van der Waals surface area contributed by atoms with Crippen molar-refractivity contribution in [2.75, 3.05) is 5.32 Å². The molecule has 0 amide bonds. The first kappa shape index (κ1) is 11.8. The van der Waals surface area contributed by atoms with Gasteiger partial charge in [-0.05, 0) is 54.1 Å². The zero-order valence-electron chi connectivity index (χ0n) is 9.07. The van der Waals surface area contributed by atoms with E-state index < -0.39 is 0 Å². The fraction of sp³-hybridized carbons (Fsp3) is 0.273. The first-order valence-electron chi connectivity index (χ1n) is 4.97. The van der Waals surface area contributed by atoms with Crippen molar-refractivity contribution >= 4 is 39.1 Å². The molecule has 0 aliphatic carbocycles. The van der Waals surface area contributed by atoms with Crippen LogP contribution < -0.4 is 5.32 Å². The van der Waals surface area contributed by atoms with Crippen molar-refractivity contribution in [2.24, 2.45) is 0 Å². The lowest BCUT2D eigenvalue weighted by Gasteiger charge is -2.12. The van der Waals surface area contributed by atoms with Gasteiger partial charge in [-0.3, -0.25) is 0 Å². The van der Waals surface area contributed by atoms with E-state index in [0.29, 0.717) is 0 Å². The summed E-state index contributed by atoms with van der Waals surface area (Å²) < 4.78 is 1.25. The molecule has 0 radical (unpaired) electrons. The molecule has 0 spiro atoms. The molecule has 0 saturated heterocycles. The van der Waals surface area contributed by atoms with Crippen LogP contribution in [0.5, 0.6) is 0 Å². The molecule has 0 aliphatic rings. The zero-order valence-corrected chi connectivity index (χ0v) is 12.0. The Morgan fingerprint density at radius 2 is 1.94 bits per heavy atom. The fourth-order valence-corrected chi connectivity index (χ4v) is 2.41. The number of hydrogen-bond acceptors (Lipinski definition) is 4. The minimum absolute atomic E-state index is 0.254. The van der Waals surface area contributed by atoms with Gasteiger partial charge in [0.05, 0.1) is 6.04 Å². The molecule has 0 aliphatic heterocycles. The molecule has 1 atom stereocenters. The Hall–Kier alpha value is -0.690. The van der Waals surface area contributed by atoms with E-state index in [-0.39, 0.29) is 6.04 Å². The van der Waals surface area contributed by atoms with E-state index in [1.807, 2.05) is 6.92 Å². The average Bonchev–Trinajstić information content (AvgIpc) is 2.65. The molecule has 1 heterocycles. The van der Waals surface area contributed by atoms with Crippen LogP contribution in [-0.2, 0) is 0 Å². The summed E-state index contributed by atoms with van der Waals surface area (Å²) in [7, 11) is 0. The molecule has 5 heteroatoms. The molecular formula is C11H12IN3S. The van der Waals surface area contributed by atoms with Gasteiger partial charge in [-0.15, -0.1) is 10.2 Å². The van der Waals surface area contributed by atoms with Crippen LogP contribution in [0.15, 0.2) is 24.3 Å². The monoisotopic (exact) mass is 345 g/mol. The summed E-state index contributed by atoms with van der Waals surface area (Å²) >= 11 is 3.89. The van der Waals surface area contributed by atoms with Crippen LogP contribution in [0.4, 0.5) is 5.13 Å². The SMILES string of the molecule is Cc1nnc(NC(C)c2ccc(I)cc2)s1. The van der Waals surface area contributed by atoms with Crippen LogP contribution in [0.2, 0.25) is 0 Å². The van der Waals surface area contributed by atoms with Crippen molar-refractivity contribution < 1.29 is 0 Å². The molecule has 2 rings (SSSR count). The Morgan fingerprint density at radius 3 is 2.50 bits per heavy atom. The summed E-state index contributed by atoms with van der Waals surface area (Å²) in [5.74, 6) is 0. The number of aromatic nitrogens is 2. The predicted octanol–water partition coefficient (Wildman–Crippen LogP) is 3.62. The number of benzene rings is 1. The predicted molar refractivity (Wildman–Crippen MR) is 75.8 cm³/mol. The maximum atomic E-state index is 4.05. The molecule has 0 fully saturated rings. The summed E-state index contributed by atoms with van der Waals surface area (Å²) in [6.07, 6.45) is 0. The van der Waals surface area contributed by atoms with Gasteiger partial charge in [-0.2, -0.15) is 0 Å². The number of aryl methyl sites for hydroxylation is 1. The van der Waals surface area contributed by atoms with Gasteiger partial charge in [0.25, 0.3) is 0 Å². The van der Waals surface area contributed by atoms with E-state index in [0.717, 1.165) is 10.1 Å². The molecule has 1 N–H and O–H groups in total. The molecule has 1 aromatic carbocycles. The highest BCUT2D eigenvalue weighted by molar-refractivity contribution is 14.1. The summed E-state index contributed by atoms with van der Waals surface area (Å²) in [5, 5.41) is 13.2. The maximum absolute atomic E-state index is 4.05. The lowest BCUT2D eigenvalue weighted by atomic mass is 10.1. The third kappa shape index (κ3) is 2.91. The minimum Gasteiger partial charge on any atom is -0.354 e. The highest BCUT2D eigenvalue weighted by Gasteiger charge is 2.07. The van der Waals surface area contributed by atoms with Crippen molar-refractivity contribution in [3.05, 3.63) is 38.4 Å². The second-order valence-electron chi connectivity index (χ2n) is 3.54. The van der Waals surface area contributed by atoms with Gasteiger partial charge in [-0.25, -0.2) is 0 Å². The molecule has 2 aromatic rings. The quantitative estimate of drug-likeness (QED) is 0.864. The normalized spacial score (nSPS) is 12.4. The number of rotatable bonds is 3. The molecular weight excluding hydrogens is 333 g/mol. The van der Waals surface area contributed by atoms with Gasteiger partial charge in [0.15, 0.2) is 0 Å². The third-order valence-corrected chi connectivity index (χ3v) is 3.73. The van der Waals surface area contributed by atoms with Gasteiger partial charge >= 0.3 is 0 Å². The number of nitrogens with one attached hydrogen (secondary N) is 1. The van der Waals surface area contributed by atoms with E-state index in [2.05, 4.69) is 69.3 Å². The van der Waals surface area contributed by atoms with Crippen molar-refractivity contribution in [3.63, 3.8) is 0 Å². The van der Waals surface area contributed by atoms with Gasteiger partial charge in [0.1, 0.15) is 5.01 Å². The molecule has 3 nitrogen and oxygen atoms in total. The minimum atomic E-state index is 0.254. The Kier molecular flexibility index (Phi) is 3.75. The van der Waals surface area contributed by atoms with E-state index in [9.17, 15) is 0 Å². The van der Waals surface area contributed by atoms with E-state index in [4.69, 9.17) is 0 Å². The van der Waals surface area contributed by atoms with Crippen LogP contribution in [-0.4, -0.2) is 10.2 Å².